The van der Waals surface area contributed by atoms with Crippen molar-refractivity contribution in [1.29, 1.82) is 0 Å². The molecule has 2 nitrogen and oxygen atoms in total. The summed E-state index contributed by atoms with van der Waals surface area (Å²) in [6.07, 6.45) is 2.85. The number of piperazine rings is 1. The van der Waals surface area contributed by atoms with E-state index in [4.69, 9.17) is 0 Å². The first-order valence-electron chi connectivity index (χ1n) is 6.12. The lowest BCUT2D eigenvalue weighted by molar-refractivity contribution is -0.0655. The van der Waals surface area contributed by atoms with Crippen molar-refractivity contribution < 1.29 is 0 Å². The molecule has 1 aliphatic carbocycles. The molecule has 2 atom stereocenters. The maximum absolute atomic E-state index is 2.70. The van der Waals surface area contributed by atoms with Gasteiger partial charge in [0.05, 0.1) is 0 Å². The fourth-order valence-corrected chi connectivity index (χ4v) is 3.08. The zero-order valence-corrected chi connectivity index (χ0v) is 10.0. The molecule has 0 amide bonds. The van der Waals surface area contributed by atoms with E-state index in [9.17, 15) is 0 Å². The average Bonchev–Trinajstić information content (AvgIpc) is 2.04. The quantitative estimate of drug-likeness (QED) is 0.666. The van der Waals surface area contributed by atoms with Crippen molar-refractivity contribution in [3.8, 4) is 0 Å². The molecule has 0 N–H and O–H groups in total. The second-order valence-corrected chi connectivity index (χ2v) is 5.38. The van der Waals surface area contributed by atoms with Crippen LogP contribution in [0.3, 0.4) is 0 Å². The van der Waals surface area contributed by atoms with Gasteiger partial charge in [0, 0.05) is 37.3 Å². The van der Waals surface area contributed by atoms with Gasteiger partial charge >= 0.3 is 0 Å². The molecule has 14 heavy (non-hydrogen) atoms. The first-order valence-corrected chi connectivity index (χ1v) is 6.12. The average molecular weight is 196 g/mol. The van der Waals surface area contributed by atoms with E-state index in [1.807, 2.05) is 0 Å². The van der Waals surface area contributed by atoms with E-state index in [2.05, 4.69) is 37.5 Å². The van der Waals surface area contributed by atoms with Crippen molar-refractivity contribution in [2.75, 3.05) is 13.1 Å². The van der Waals surface area contributed by atoms with Gasteiger partial charge in [-0.3, -0.25) is 9.80 Å². The standard InChI is InChI=1S/C12H24N2/c1-9(2)13-7-8-14(10(3)4)12-6-5-11(12)13/h9-12H,5-8H2,1-4H3/t11-,12-/m0/s1. The van der Waals surface area contributed by atoms with E-state index in [-0.39, 0.29) is 0 Å². The molecule has 2 aliphatic rings. The van der Waals surface area contributed by atoms with Gasteiger partial charge in [0.1, 0.15) is 0 Å². The molecule has 2 fully saturated rings. The first kappa shape index (κ1) is 10.4. The Morgan fingerprint density at radius 1 is 0.786 bits per heavy atom. The maximum Gasteiger partial charge on any atom is 0.0255 e. The molecule has 2 rings (SSSR count). The molecule has 0 aromatic heterocycles. The largest absolute Gasteiger partial charge is 0.295 e. The molecule has 0 spiro atoms. The third kappa shape index (κ3) is 1.59. The van der Waals surface area contributed by atoms with Crippen LogP contribution in [0.5, 0.6) is 0 Å². The van der Waals surface area contributed by atoms with Crippen molar-refractivity contribution in [1.82, 2.24) is 9.80 Å². The predicted molar refractivity (Wildman–Crippen MR) is 60.5 cm³/mol. The Morgan fingerprint density at radius 2 is 1.14 bits per heavy atom. The zero-order chi connectivity index (χ0) is 10.3. The van der Waals surface area contributed by atoms with Crippen LogP contribution in [0.1, 0.15) is 40.5 Å². The van der Waals surface area contributed by atoms with E-state index in [1.54, 1.807) is 0 Å². The molecule has 82 valence electrons. The van der Waals surface area contributed by atoms with Gasteiger partial charge in [-0.1, -0.05) is 0 Å². The molecule has 0 aromatic carbocycles. The summed E-state index contributed by atoms with van der Waals surface area (Å²) in [5, 5.41) is 0. The Hall–Kier alpha value is -0.0800. The van der Waals surface area contributed by atoms with Crippen LogP contribution >= 0.6 is 0 Å². The van der Waals surface area contributed by atoms with Gasteiger partial charge in [-0.15, -0.1) is 0 Å². The smallest absolute Gasteiger partial charge is 0.0255 e. The van der Waals surface area contributed by atoms with Gasteiger partial charge in [-0.2, -0.15) is 0 Å². The second kappa shape index (κ2) is 3.82. The lowest BCUT2D eigenvalue weighted by Crippen LogP contribution is -2.67. The normalized spacial score (nSPS) is 34.7. The van der Waals surface area contributed by atoms with Crippen LogP contribution in [-0.2, 0) is 0 Å². The van der Waals surface area contributed by atoms with Crippen molar-refractivity contribution in [2.24, 2.45) is 0 Å². The Labute approximate surface area is 88.3 Å². The summed E-state index contributed by atoms with van der Waals surface area (Å²) in [7, 11) is 0. The first-order chi connectivity index (χ1) is 6.61. The SMILES string of the molecule is CC(C)N1CCN(C(C)C)[C@H]2CC[C@@H]21. The molecule has 0 unspecified atom stereocenters. The van der Waals surface area contributed by atoms with Gasteiger partial charge in [0.15, 0.2) is 0 Å². The van der Waals surface area contributed by atoms with Crippen molar-refractivity contribution in [3.05, 3.63) is 0 Å². The summed E-state index contributed by atoms with van der Waals surface area (Å²) in [6, 6.07) is 3.20. The molecule has 0 aromatic rings. The lowest BCUT2D eigenvalue weighted by Gasteiger charge is -2.56. The minimum atomic E-state index is 0.733. The molecule has 2 heteroatoms. The highest BCUT2D eigenvalue weighted by atomic mass is 15.3. The number of rotatable bonds is 2. The van der Waals surface area contributed by atoms with E-state index in [0.29, 0.717) is 0 Å². The van der Waals surface area contributed by atoms with Crippen molar-refractivity contribution in [3.63, 3.8) is 0 Å². The molecular weight excluding hydrogens is 172 g/mol. The van der Waals surface area contributed by atoms with Crippen molar-refractivity contribution in [2.45, 2.75) is 64.7 Å². The molecule has 0 bridgehead atoms. The van der Waals surface area contributed by atoms with Crippen LogP contribution in [-0.4, -0.2) is 47.1 Å². The Morgan fingerprint density at radius 3 is 1.36 bits per heavy atom. The third-order valence-corrected chi connectivity index (χ3v) is 4.00. The minimum absolute atomic E-state index is 0.733. The Balaban J connectivity index is 2.01. The molecule has 1 saturated heterocycles. The molecule has 1 aliphatic heterocycles. The van der Waals surface area contributed by atoms with Crippen molar-refractivity contribution >= 4 is 0 Å². The third-order valence-electron chi connectivity index (χ3n) is 4.00. The summed E-state index contributed by atoms with van der Waals surface area (Å²) >= 11 is 0. The highest BCUT2D eigenvalue weighted by molar-refractivity contribution is 5.01. The van der Waals surface area contributed by atoms with E-state index < -0.39 is 0 Å². The topological polar surface area (TPSA) is 6.48 Å². The lowest BCUT2D eigenvalue weighted by atomic mass is 9.80. The summed E-state index contributed by atoms with van der Waals surface area (Å²) in [6.45, 7) is 11.9. The van der Waals surface area contributed by atoms with Crippen LogP contribution in [0, 0.1) is 0 Å². The van der Waals surface area contributed by atoms with Gasteiger partial charge < -0.3 is 0 Å². The fraction of sp³-hybridized carbons (Fsp3) is 1.00. The number of nitrogens with zero attached hydrogens (tertiary/aromatic N) is 2. The van der Waals surface area contributed by atoms with E-state index in [0.717, 1.165) is 24.2 Å². The van der Waals surface area contributed by atoms with Crippen LogP contribution in [0.2, 0.25) is 0 Å². The van der Waals surface area contributed by atoms with Crippen LogP contribution in [0.25, 0.3) is 0 Å². The van der Waals surface area contributed by atoms with E-state index in [1.165, 1.54) is 25.9 Å². The predicted octanol–water partition coefficient (Wildman–Crippen LogP) is 1.95. The summed E-state index contributed by atoms with van der Waals surface area (Å²) in [5.41, 5.74) is 0. The summed E-state index contributed by atoms with van der Waals surface area (Å²) in [5.74, 6) is 0. The summed E-state index contributed by atoms with van der Waals surface area (Å²) in [4.78, 5) is 5.40. The Bertz CT molecular complexity index is 178. The molecular formula is C12H24N2. The number of fused-ring (bicyclic) bond motifs is 1. The molecule has 0 radical (unpaired) electrons. The Kier molecular flexibility index (Phi) is 2.85. The fourth-order valence-electron chi connectivity index (χ4n) is 3.08. The monoisotopic (exact) mass is 196 g/mol. The molecule has 1 saturated carbocycles. The highest BCUT2D eigenvalue weighted by Crippen LogP contribution is 2.35. The minimum Gasteiger partial charge on any atom is -0.295 e. The van der Waals surface area contributed by atoms with Gasteiger partial charge in [0.25, 0.3) is 0 Å². The number of hydrogen-bond acceptors (Lipinski definition) is 2. The zero-order valence-electron chi connectivity index (χ0n) is 10.0. The van der Waals surface area contributed by atoms with Crippen LogP contribution in [0.4, 0.5) is 0 Å². The van der Waals surface area contributed by atoms with Crippen LogP contribution < -0.4 is 0 Å². The summed E-state index contributed by atoms with van der Waals surface area (Å²) < 4.78 is 0. The van der Waals surface area contributed by atoms with Crippen LogP contribution in [0.15, 0.2) is 0 Å². The van der Waals surface area contributed by atoms with Gasteiger partial charge in [-0.05, 0) is 40.5 Å². The van der Waals surface area contributed by atoms with Gasteiger partial charge in [-0.25, -0.2) is 0 Å². The second-order valence-electron chi connectivity index (χ2n) is 5.38. The molecule has 1 heterocycles. The maximum atomic E-state index is 2.70. The van der Waals surface area contributed by atoms with Gasteiger partial charge in [0.2, 0.25) is 0 Å². The van der Waals surface area contributed by atoms with E-state index >= 15 is 0 Å². The highest BCUT2D eigenvalue weighted by Gasteiger charge is 2.43. The number of hydrogen-bond donors (Lipinski definition) is 0.